The van der Waals surface area contributed by atoms with Crippen molar-refractivity contribution < 1.29 is 9.53 Å². The smallest absolute Gasteiger partial charge is 0.305 e. The van der Waals surface area contributed by atoms with Crippen molar-refractivity contribution >= 4 is 5.97 Å². The van der Waals surface area contributed by atoms with E-state index in [2.05, 4.69) is 13.8 Å². The maximum absolute atomic E-state index is 11.4. The zero-order chi connectivity index (χ0) is 14.6. The largest absolute Gasteiger partial charge is 0.465 e. The average Bonchev–Trinajstić information content (AvgIpc) is 2.33. The van der Waals surface area contributed by atoms with E-state index in [9.17, 15) is 4.79 Å². The third-order valence-electron chi connectivity index (χ3n) is 3.11. The first-order valence-electron chi connectivity index (χ1n) is 7.96. The van der Waals surface area contributed by atoms with Crippen molar-refractivity contribution in [3.8, 4) is 0 Å². The molecule has 0 aromatic carbocycles. The molecule has 0 saturated heterocycles. The molecule has 0 spiro atoms. The molecule has 0 bridgehead atoms. The number of carbonyl (C=O) groups excluding carboxylic acids is 1. The molecule has 0 rings (SSSR count). The lowest BCUT2D eigenvalue weighted by Gasteiger charge is -2.17. The number of unbranched alkanes of at least 4 members (excludes halogenated alkanes) is 8. The fraction of sp³-hybridized carbons (Fsp3) is 0.882. The molecule has 113 valence electrons. The Hall–Kier alpha value is -0.530. The van der Waals surface area contributed by atoms with Crippen molar-refractivity contribution in [3.63, 3.8) is 0 Å². The summed E-state index contributed by atoms with van der Waals surface area (Å²) < 4.78 is 5.18. The summed E-state index contributed by atoms with van der Waals surface area (Å²) in [5.74, 6) is -0.0697. The molecular formula is C17H33O2. The van der Waals surface area contributed by atoms with E-state index in [1.54, 1.807) is 0 Å². The van der Waals surface area contributed by atoms with E-state index >= 15 is 0 Å². The first kappa shape index (κ1) is 18.5. The van der Waals surface area contributed by atoms with Crippen molar-refractivity contribution in [1.82, 2.24) is 0 Å². The van der Waals surface area contributed by atoms with Crippen LogP contribution in [0.15, 0.2) is 0 Å². The fourth-order valence-corrected chi connectivity index (χ4v) is 1.93. The van der Waals surface area contributed by atoms with Gasteiger partial charge in [-0.1, -0.05) is 72.1 Å². The van der Waals surface area contributed by atoms with Crippen LogP contribution in [-0.2, 0) is 9.53 Å². The number of hydrogen-bond acceptors (Lipinski definition) is 2. The molecule has 0 aromatic rings. The van der Waals surface area contributed by atoms with E-state index in [4.69, 9.17) is 4.74 Å². The van der Waals surface area contributed by atoms with Crippen LogP contribution in [0, 0.1) is 12.3 Å². The Balaban J connectivity index is 3.23. The molecule has 0 atom stereocenters. The topological polar surface area (TPSA) is 26.3 Å². The van der Waals surface area contributed by atoms with E-state index in [0.29, 0.717) is 13.0 Å². The highest BCUT2D eigenvalue weighted by Gasteiger charge is 2.13. The van der Waals surface area contributed by atoms with E-state index in [1.165, 1.54) is 44.9 Å². The van der Waals surface area contributed by atoms with Crippen LogP contribution >= 0.6 is 0 Å². The molecular weight excluding hydrogens is 236 g/mol. The van der Waals surface area contributed by atoms with Gasteiger partial charge in [0, 0.05) is 6.42 Å². The van der Waals surface area contributed by atoms with Crippen molar-refractivity contribution in [2.45, 2.75) is 85.0 Å². The number of rotatable bonds is 12. The summed E-state index contributed by atoms with van der Waals surface area (Å²) in [5.41, 5.74) is -0.172. The van der Waals surface area contributed by atoms with E-state index in [-0.39, 0.29) is 11.4 Å². The lowest BCUT2D eigenvalue weighted by atomic mass is 9.99. The Bertz CT molecular complexity index is 216. The van der Waals surface area contributed by atoms with Crippen LogP contribution in [0.4, 0.5) is 0 Å². The van der Waals surface area contributed by atoms with Gasteiger partial charge in [0.15, 0.2) is 0 Å². The van der Waals surface area contributed by atoms with Crippen molar-refractivity contribution in [2.24, 2.45) is 5.41 Å². The Morgan fingerprint density at radius 1 is 0.947 bits per heavy atom. The molecule has 0 unspecified atom stereocenters. The third kappa shape index (κ3) is 15.4. The Kier molecular flexibility index (Phi) is 11.0. The molecule has 1 radical (unpaired) electrons. The number of carbonyl (C=O) groups is 1. The van der Waals surface area contributed by atoms with Crippen molar-refractivity contribution in [2.75, 3.05) is 6.61 Å². The normalized spacial score (nSPS) is 11.6. The summed E-state index contributed by atoms with van der Waals surface area (Å²) in [7, 11) is 0. The standard InChI is InChI=1S/C17H33O2/c1-5-6-7-8-9-10-11-12-13-14-16(18)19-15-17(2,3)4/h2,5-15H2,1,3-4H3. The number of esters is 1. The Labute approximate surface area is 120 Å². The summed E-state index contributed by atoms with van der Waals surface area (Å²) in [6, 6.07) is 0. The minimum absolute atomic E-state index is 0.0697. The van der Waals surface area contributed by atoms with Crippen LogP contribution in [0.2, 0.25) is 0 Å². The molecule has 0 fully saturated rings. The molecule has 0 aromatic heterocycles. The predicted octanol–water partition coefficient (Wildman–Crippen LogP) is 5.31. The predicted molar refractivity (Wildman–Crippen MR) is 81.9 cm³/mol. The van der Waals surface area contributed by atoms with Gasteiger partial charge in [0.2, 0.25) is 0 Å². The highest BCUT2D eigenvalue weighted by molar-refractivity contribution is 5.69. The molecule has 0 N–H and O–H groups in total. The van der Waals surface area contributed by atoms with Gasteiger partial charge in [-0.05, 0) is 18.8 Å². The van der Waals surface area contributed by atoms with Gasteiger partial charge in [-0.15, -0.1) is 0 Å². The van der Waals surface area contributed by atoms with Gasteiger partial charge in [-0.25, -0.2) is 0 Å². The third-order valence-corrected chi connectivity index (χ3v) is 3.11. The van der Waals surface area contributed by atoms with Gasteiger partial charge in [0.25, 0.3) is 0 Å². The Morgan fingerprint density at radius 3 is 1.89 bits per heavy atom. The SMILES string of the molecule is [CH2]C(C)(C)COC(=O)CCCCCCCCCCC. The second-order valence-electron chi connectivity index (χ2n) is 6.40. The van der Waals surface area contributed by atoms with E-state index in [0.717, 1.165) is 12.8 Å². The maximum atomic E-state index is 11.4. The Morgan fingerprint density at radius 2 is 1.42 bits per heavy atom. The van der Waals surface area contributed by atoms with Crippen LogP contribution in [0.3, 0.4) is 0 Å². The van der Waals surface area contributed by atoms with Gasteiger partial charge >= 0.3 is 5.97 Å². The van der Waals surface area contributed by atoms with Gasteiger partial charge in [0.05, 0.1) is 6.61 Å². The summed E-state index contributed by atoms with van der Waals surface area (Å²) in [6.45, 7) is 10.5. The van der Waals surface area contributed by atoms with Gasteiger partial charge < -0.3 is 4.74 Å². The summed E-state index contributed by atoms with van der Waals surface area (Å²) in [6.07, 6.45) is 12.0. The quantitative estimate of drug-likeness (QED) is 0.354. The van der Waals surface area contributed by atoms with E-state index in [1.807, 2.05) is 13.8 Å². The van der Waals surface area contributed by atoms with Gasteiger partial charge in [-0.2, -0.15) is 0 Å². The maximum Gasteiger partial charge on any atom is 0.305 e. The minimum atomic E-state index is -0.172. The molecule has 0 aliphatic rings. The highest BCUT2D eigenvalue weighted by Crippen LogP contribution is 2.14. The molecule has 0 heterocycles. The van der Waals surface area contributed by atoms with Gasteiger partial charge in [-0.3, -0.25) is 4.79 Å². The van der Waals surface area contributed by atoms with E-state index < -0.39 is 0 Å². The summed E-state index contributed by atoms with van der Waals surface area (Å²) >= 11 is 0. The average molecular weight is 269 g/mol. The second kappa shape index (κ2) is 11.3. The van der Waals surface area contributed by atoms with Crippen LogP contribution in [-0.4, -0.2) is 12.6 Å². The number of hydrogen-bond donors (Lipinski definition) is 0. The second-order valence-corrected chi connectivity index (χ2v) is 6.40. The molecule has 0 aliphatic carbocycles. The lowest BCUT2D eigenvalue weighted by molar-refractivity contribution is -0.146. The minimum Gasteiger partial charge on any atom is -0.465 e. The van der Waals surface area contributed by atoms with Crippen LogP contribution in [0.1, 0.15) is 85.0 Å². The van der Waals surface area contributed by atoms with Crippen LogP contribution in [0.25, 0.3) is 0 Å². The van der Waals surface area contributed by atoms with Gasteiger partial charge in [0.1, 0.15) is 0 Å². The molecule has 0 amide bonds. The fourth-order valence-electron chi connectivity index (χ4n) is 1.93. The first-order valence-corrected chi connectivity index (χ1v) is 7.96. The zero-order valence-corrected chi connectivity index (χ0v) is 13.3. The molecule has 19 heavy (non-hydrogen) atoms. The highest BCUT2D eigenvalue weighted by atomic mass is 16.5. The van der Waals surface area contributed by atoms with Crippen molar-refractivity contribution in [3.05, 3.63) is 6.92 Å². The summed E-state index contributed by atoms with van der Waals surface area (Å²) in [4.78, 5) is 11.4. The zero-order valence-electron chi connectivity index (χ0n) is 13.3. The number of ether oxygens (including phenoxy) is 1. The monoisotopic (exact) mass is 269 g/mol. The summed E-state index contributed by atoms with van der Waals surface area (Å²) in [5, 5.41) is 0. The lowest BCUT2D eigenvalue weighted by Crippen LogP contribution is -2.18. The molecule has 0 aliphatic heterocycles. The first-order chi connectivity index (χ1) is 8.95. The van der Waals surface area contributed by atoms with Crippen LogP contribution < -0.4 is 0 Å². The van der Waals surface area contributed by atoms with Crippen LogP contribution in [0.5, 0.6) is 0 Å². The molecule has 2 nitrogen and oxygen atoms in total. The molecule has 0 saturated carbocycles. The molecule has 2 heteroatoms. The van der Waals surface area contributed by atoms with Crippen molar-refractivity contribution in [1.29, 1.82) is 0 Å².